The number of aromatic nitrogens is 2. The van der Waals surface area contributed by atoms with Crippen LogP contribution in [0.5, 0.6) is 0 Å². The Kier molecular flexibility index (Phi) is 5.75. The SMILES string of the molecule is Cn1cc(C(NCCCN=[N+]=[N-])C(N)=O)c(C(C)(C)C)n1. The average molecular weight is 293 g/mol. The Bertz CT molecular complexity index is 537. The number of hydrogen-bond acceptors (Lipinski definition) is 4. The largest absolute Gasteiger partial charge is 0.368 e. The van der Waals surface area contributed by atoms with Crippen LogP contribution in [0.3, 0.4) is 0 Å². The fourth-order valence-electron chi connectivity index (χ4n) is 2.11. The summed E-state index contributed by atoms with van der Waals surface area (Å²) in [6.07, 6.45) is 2.45. The van der Waals surface area contributed by atoms with Crippen molar-refractivity contribution < 1.29 is 4.79 Å². The number of aryl methyl sites for hydroxylation is 1. The molecule has 1 atom stereocenters. The quantitative estimate of drug-likeness (QED) is 0.343. The molecule has 0 bridgehead atoms. The van der Waals surface area contributed by atoms with E-state index >= 15 is 0 Å². The van der Waals surface area contributed by atoms with Crippen molar-refractivity contribution in [2.45, 2.75) is 38.6 Å². The van der Waals surface area contributed by atoms with Crippen molar-refractivity contribution in [1.29, 1.82) is 0 Å². The van der Waals surface area contributed by atoms with E-state index in [0.29, 0.717) is 19.5 Å². The molecule has 1 aromatic rings. The molecule has 0 aliphatic rings. The standard InChI is InChI=1S/C13H23N7O/c1-13(2,3)11-9(8-20(4)18-11)10(12(14)21)16-6-5-7-17-19-15/h8,10,16H,5-7H2,1-4H3,(H2,14,21). The molecule has 0 aromatic carbocycles. The van der Waals surface area contributed by atoms with Gasteiger partial charge in [0.15, 0.2) is 0 Å². The summed E-state index contributed by atoms with van der Waals surface area (Å²) in [4.78, 5) is 14.4. The van der Waals surface area contributed by atoms with Crippen LogP contribution in [0.1, 0.15) is 44.5 Å². The summed E-state index contributed by atoms with van der Waals surface area (Å²) in [5.74, 6) is -0.447. The molecule has 0 saturated heterocycles. The van der Waals surface area contributed by atoms with Crippen LogP contribution < -0.4 is 11.1 Å². The van der Waals surface area contributed by atoms with Crippen molar-refractivity contribution >= 4 is 5.91 Å². The fraction of sp³-hybridized carbons (Fsp3) is 0.692. The summed E-state index contributed by atoms with van der Waals surface area (Å²) >= 11 is 0. The number of azide groups is 1. The van der Waals surface area contributed by atoms with Crippen LogP contribution in [0.15, 0.2) is 11.3 Å². The van der Waals surface area contributed by atoms with E-state index in [1.54, 1.807) is 4.68 Å². The highest BCUT2D eigenvalue weighted by molar-refractivity contribution is 5.81. The van der Waals surface area contributed by atoms with Crippen molar-refractivity contribution in [1.82, 2.24) is 15.1 Å². The Balaban J connectivity index is 2.91. The average Bonchev–Trinajstić information content (AvgIpc) is 2.75. The maximum absolute atomic E-state index is 11.7. The van der Waals surface area contributed by atoms with E-state index in [4.69, 9.17) is 11.3 Å². The molecule has 0 aliphatic heterocycles. The van der Waals surface area contributed by atoms with E-state index < -0.39 is 11.9 Å². The van der Waals surface area contributed by atoms with Gasteiger partial charge in [0, 0.05) is 35.7 Å². The zero-order valence-corrected chi connectivity index (χ0v) is 13.0. The number of rotatable bonds is 7. The van der Waals surface area contributed by atoms with Crippen LogP contribution in [0.4, 0.5) is 0 Å². The van der Waals surface area contributed by atoms with Crippen molar-refractivity contribution in [3.8, 4) is 0 Å². The number of amides is 1. The van der Waals surface area contributed by atoms with E-state index in [1.165, 1.54) is 0 Å². The molecule has 116 valence electrons. The lowest BCUT2D eigenvalue weighted by molar-refractivity contribution is -0.120. The van der Waals surface area contributed by atoms with Crippen molar-refractivity contribution in [2.24, 2.45) is 17.9 Å². The zero-order chi connectivity index (χ0) is 16.0. The first kappa shape index (κ1) is 17.0. The molecule has 3 N–H and O–H groups in total. The van der Waals surface area contributed by atoms with Gasteiger partial charge in [-0.3, -0.25) is 9.48 Å². The van der Waals surface area contributed by atoms with Gasteiger partial charge in [-0.25, -0.2) is 0 Å². The Morgan fingerprint density at radius 2 is 2.29 bits per heavy atom. The molecule has 0 fully saturated rings. The molecule has 1 amide bonds. The summed E-state index contributed by atoms with van der Waals surface area (Å²) < 4.78 is 1.69. The number of primary amides is 1. The Morgan fingerprint density at radius 1 is 1.62 bits per heavy atom. The molecular weight excluding hydrogens is 270 g/mol. The lowest BCUT2D eigenvalue weighted by atomic mass is 9.87. The van der Waals surface area contributed by atoms with Gasteiger partial charge in [-0.1, -0.05) is 25.9 Å². The summed E-state index contributed by atoms with van der Waals surface area (Å²) in [5.41, 5.74) is 15.2. The fourth-order valence-corrected chi connectivity index (χ4v) is 2.11. The Hall–Kier alpha value is -2.05. The lowest BCUT2D eigenvalue weighted by Crippen LogP contribution is -2.35. The third kappa shape index (κ3) is 4.77. The number of nitrogens with two attached hydrogens (primary N) is 1. The maximum atomic E-state index is 11.7. The number of carbonyl (C=O) groups is 1. The highest BCUT2D eigenvalue weighted by atomic mass is 16.1. The topological polar surface area (TPSA) is 122 Å². The molecule has 0 radical (unpaired) electrons. The second-order valence-electron chi connectivity index (χ2n) is 5.95. The first-order valence-electron chi connectivity index (χ1n) is 6.85. The van der Waals surface area contributed by atoms with E-state index in [-0.39, 0.29) is 5.41 Å². The highest BCUT2D eigenvalue weighted by Gasteiger charge is 2.29. The molecule has 1 rings (SSSR count). The van der Waals surface area contributed by atoms with Crippen LogP contribution in [-0.4, -0.2) is 28.8 Å². The molecule has 1 aromatic heterocycles. The molecule has 8 nitrogen and oxygen atoms in total. The van der Waals surface area contributed by atoms with Crippen LogP contribution in [0.2, 0.25) is 0 Å². The van der Waals surface area contributed by atoms with Crippen LogP contribution in [0, 0.1) is 0 Å². The Morgan fingerprint density at radius 3 is 2.81 bits per heavy atom. The van der Waals surface area contributed by atoms with Gasteiger partial charge in [-0.2, -0.15) is 5.10 Å². The molecule has 1 heterocycles. The van der Waals surface area contributed by atoms with Gasteiger partial charge >= 0.3 is 0 Å². The van der Waals surface area contributed by atoms with Crippen LogP contribution >= 0.6 is 0 Å². The van der Waals surface area contributed by atoms with Gasteiger partial charge in [0.05, 0.1) is 5.69 Å². The predicted molar refractivity (Wildman–Crippen MR) is 80.5 cm³/mol. The summed E-state index contributed by atoms with van der Waals surface area (Å²) in [7, 11) is 1.82. The molecule has 8 heteroatoms. The van der Waals surface area contributed by atoms with Crippen molar-refractivity contribution in [2.75, 3.05) is 13.1 Å². The third-order valence-corrected chi connectivity index (χ3v) is 3.01. The van der Waals surface area contributed by atoms with Gasteiger partial charge in [0.1, 0.15) is 6.04 Å². The summed E-state index contributed by atoms with van der Waals surface area (Å²) in [6, 6.07) is -0.598. The van der Waals surface area contributed by atoms with E-state index in [0.717, 1.165) is 11.3 Å². The zero-order valence-electron chi connectivity index (χ0n) is 13.0. The molecule has 1 unspecified atom stereocenters. The number of carbonyl (C=O) groups excluding carboxylic acids is 1. The normalized spacial score (nSPS) is 12.8. The molecular formula is C13H23N7O. The minimum Gasteiger partial charge on any atom is -0.368 e. The van der Waals surface area contributed by atoms with Gasteiger partial charge in [-0.05, 0) is 18.5 Å². The first-order valence-corrected chi connectivity index (χ1v) is 6.85. The Labute approximate surface area is 124 Å². The minimum absolute atomic E-state index is 0.183. The van der Waals surface area contributed by atoms with Gasteiger partial charge in [0.25, 0.3) is 0 Å². The third-order valence-electron chi connectivity index (χ3n) is 3.01. The number of nitrogens with zero attached hydrogens (tertiary/aromatic N) is 5. The van der Waals surface area contributed by atoms with E-state index in [9.17, 15) is 4.79 Å². The maximum Gasteiger partial charge on any atom is 0.239 e. The van der Waals surface area contributed by atoms with Crippen LogP contribution in [0.25, 0.3) is 10.4 Å². The van der Waals surface area contributed by atoms with Crippen molar-refractivity contribution in [3.63, 3.8) is 0 Å². The highest BCUT2D eigenvalue weighted by Crippen LogP contribution is 2.28. The minimum atomic E-state index is -0.598. The predicted octanol–water partition coefficient (Wildman–Crippen LogP) is 1.53. The second-order valence-corrected chi connectivity index (χ2v) is 5.95. The lowest BCUT2D eigenvalue weighted by Gasteiger charge is -2.21. The number of hydrogen-bond donors (Lipinski definition) is 2. The van der Waals surface area contributed by atoms with Gasteiger partial charge in [0.2, 0.25) is 5.91 Å². The molecule has 0 spiro atoms. The van der Waals surface area contributed by atoms with Crippen molar-refractivity contribution in [3.05, 3.63) is 27.9 Å². The first-order chi connectivity index (χ1) is 9.77. The van der Waals surface area contributed by atoms with E-state index in [2.05, 4.69) is 20.4 Å². The van der Waals surface area contributed by atoms with Gasteiger partial charge in [-0.15, -0.1) is 0 Å². The smallest absolute Gasteiger partial charge is 0.239 e. The summed E-state index contributed by atoms with van der Waals surface area (Å²) in [6.45, 7) is 7.04. The summed E-state index contributed by atoms with van der Waals surface area (Å²) in [5, 5.41) is 11.0. The van der Waals surface area contributed by atoms with Gasteiger partial charge < -0.3 is 11.1 Å². The molecule has 21 heavy (non-hydrogen) atoms. The molecule has 0 saturated carbocycles. The van der Waals surface area contributed by atoms with Crippen LogP contribution in [-0.2, 0) is 17.3 Å². The number of nitrogens with one attached hydrogen (secondary N) is 1. The molecule has 0 aliphatic carbocycles. The van der Waals surface area contributed by atoms with E-state index in [1.807, 2.05) is 34.0 Å². The monoisotopic (exact) mass is 293 g/mol. The second kappa shape index (κ2) is 7.10.